The van der Waals surface area contributed by atoms with Gasteiger partial charge in [-0.05, 0) is 49.2 Å². The van der Waals surface area contributed by atoms with E-state index in [2.05, 4.69) is 6.92 Å². The summed E-state index contributed by atoms with van der Waals surface area (Å²) in [5, 5.41) is 0.769. The van der Waals surface area contributed by atoms with Gasteiger partial charge in [0.25, 0.3) is 5.91 Å². The summed E-state index contributed by atoms with van der Waals surface area (Å²) in [6.07, 6.45) is 0.898. The molecule has 2 aromatic carbocycles. The van der Waals surface area contributed by atoms with Gasteiger partial charge in [0.15, 0.2) is 5.17 Å². The summed E-state index contributed by atoms with van der Waals surface area (Å²) in [5.41, 5.74) is 2.66. The van der Waals surface area contributed by atoms with Crippen molar-refractivity contribution >= 4 is 28.5 Å². The van der Waals surface area contributed by atoms with Crippen LogP contribution in [-0.2, 0) is 0 Å². The summed E-state index contributed by atoms with van der Waals surface area (Å²) in [6.45, 7) is 4.15. The summed E-state index contributed by atoms with van der Waals surface area (Å²) in [6, 6.07) is 15.5. The minimum atomic E-state index is -0.0258. The molecule has 0 saturated carbocycles. The zero-order chi connectivity index (χ0) is 17.8. The Hall–Kier alpha value is -2.27. The molecule has 1 heterocycles. The highest BCUT2D eigenvalue weighted by Gasteiger charge is 2.34. The number of aliphatic imine (C=N–C) groups is 1. The monoisotopic (exact) mass is 354 g/mol. The second kappa shape index (κ2) is 7.74. The molecule has 25 heavy (non-hydrogen) atoms. The van der Waals surface area contributed by atoms with Crippen molar-refractivity contribution in [1.82, 2.24) is 4.90 Å². The van der Waals surface area contributed by atoms with Gasteiger partial charge in [0.2, 0.25) is 0 Å². The third kappa shape index (κ3) is 3.87. The van der Waals surface area contributed by atoms with Crippen LogP contribution in [0.1, 0.15) is 29.3 Å². The Labute approximate surface area is 152 Å². The summed E-state index contributed by atoms with van der Waals surface area (Å²) >= 11 is 1.64. The fourth-order valence-electron chi connectivity index (χ4n) is 2.81. The van der Waals surface area contributed by atoms with Gasteiger partial charge in [0.1, 0.15) is 5.75 Å². The molecule has 0 bridgehead atoms. The van der Waals surface area contributed by atoms with Crippen LogP contribution in [0.3, 0.4) is 0 Å². The average Bonchev–Trinajstić information content (AvgIpc) is 3.03. The number of aryl methyl sites for hydroxylation is 1. The van der Waals surface area contributed by atoms with Gasteiger partial charge in [-0.1, -0.05) is 36.9 Å². The van der Waals surface area contributed by atoms with Crippen molar-refractivity contribution in [2.75, 3.05) is 12.9 Å². The van der Waals surface area contributed by atoms with E-state index in [-0.39, 0.29) is 11.9 Å². The standard InChI is InChI=1S/C20H22N2O2S/c1-4-17-13-25-20(21-16-9-5-7-14(2)11-16)22(17)19(23)15-8-6-10-18(12-15)24-3/h5-12,17H,4,13H2,1-3H3/t17-/m1/s1. The van der Waals surface area contributed by atoms with E-state index in [9.17, 15) is 4.79 Å². The maximum absolute atomic E-state index is 13.1. The molecule has 1 amide bonds. The molecule has 2 aromatic rings. The number of nitrogens with zero attached hydrogens (tertiary/aromatic N) is 2. The van der Waals surface area contributed by atoms with E-state index in [4.69, 9.17) is 9.73 Å². The van der Waals surface area contributed by atoms with E-state index in [1.165, 1.54) is 0 Å². The summed E-state index contributed by atoms with van der Waals surface area (Å²) < 4.78 is 5.25. The molecule has 0 aliphatic carbocycles. The lowest BCUT2D eigenvalue weighted by Crippen LogP contribution is -2.39. The summed E-state index contributed by atoms with van der Waals surface area (Å²) in [7, 11) is 1.61. The lowest BCUT2D eigenvalue weighted by Gasteiger charge is -2.23. The Kier molecular flexibility index (Phi) is 5.43. The van der Waals surface area contributed by atoms with Gasteiger partial charge in [-0.25, -0.2) is 4.99 Å². The number of thioether (sulfide) groups is 1. The minimum absolute atomic E-state index is 0.0258. The van der Waals surface area contributed by atoms with Crippen molar-refractivity contribution in [3.63, 3.8) is 0 Å². The summed E-state index contributed by atoms with van der Waals surface area (Å²) in [5.74, 6) is 1.53. The van der Waals surface area contributed by atoms with Gasteiger partial charge in [-0.15, -0.1) is 0 Å². The van der Waals surface area contributed by atoms with Crippen molar-refractivity contribution < 1.29 is 9.53 Å². The Balaban J connectivity index is 1.95. The molecule has 1 aliphatic rings. The smallest absolute Gasteiger partial charge is 0.260 e. The number of methoxy groups -OCH3 is 1. The highest BCUT2D eigenvalue weighted by molar-refractivity contribution is 8.14. The van der Waals surface area contributed by atoms with Gasteiger partial charge in [0, 0.05) is 17.4 Å². The Bertz CT molecular complexity index is 804. The van der Waals surface area contributed by atoms with E-state index < -0.39 is 0 Å². The number of hydrogen-bond acceptors (Lipinski definition) is 4. The van der Waals surface area contributed by atoms with Crippen LogP contribution in [0.15, 0.2) is 53.5 Å². The van der Waals surface area contributed by atoms with E-state index in [1.54, 1.807) is 24.9 Å². The van der Waals surface area contributed by atoms with Crippen LogP contribution in [0.5, 0.6) is 5.75 Å². The minimum Gasteiger partial charge on any atom is -0.497 e. The molecule has 0 radical (unpaired) electrons. The molecule has 5 heteroatoms. The van der Waals surface area contributed by atoms with Crippen LogP contribution >= 0.6 is 11.8 Å². The first kappa shape index (κ1) is 17.5. The predicted octanol–water partition coefficient (Wildman–Crippen LogP) is 4.66. The first-order valence-electron chi connectivity index (χ1n) is 8.38. The number of amides is 1. The van der Waals surface area contributed by atoms with Crippen molar-refractivity contribution in [2.45, 2.75) is 26.3 Å². The Morgan fingerprint density at radius 2 is 2.08 bits per heavy atom. The maximum atomic E-state index is 13.1. The lowest BCUT2D eigenvalue weighted by atomic mass is 10.1. The van der Waals surface area contributed by atoms with Crippen LogP contribution in [0.2, 0.25) is 0 Å². The number of benzene rings is 2. The van der Waals surface area contributed by atoms with Crippen LogP contribution in [-0.4, -0.2) is 34.9 Å². The van der Waals surface area contributed by atoms with Crippen LogP contribution in [0.4, 0.5) is 5.69 Å². The van der Waals surface area contributed by atoms with Crippen molar-refractivity contribution in [3.8, 4) is 5.75 Å². The molecule has 1 fully saturated rings. The highest BCUT2D eigenvalue weighted by atomic mass is 32.2. The average molecular weight is 354 g/mol. The second-order valence-electron chi connectivity index (χ2n) is 6.01. The molecular weight excluding hydrogens is 332 g/mol. The van der Waals surface area contributed by atoms with Gasteiger partial charge in [-0.3, -0.25) is 9.69 Å². The predicted molar refractivity (Wildman–Crippen MR) is 104 cm³/mol. The summed E-state index contributed by atoms with van der Waals surface area (Å²) in [4.78, 5) is 19.7. The highest BCUT2D eigenvalue weighted by Crippen LogP contribution is 2.31. The van der Waals surface area contributed by atoms with E-state index >= 15 is 0 Å². The molecule has 0 aromatic heterocycles. The van der Waals surface area contributed by atoms with Crippen LogP contribution < -0.4 is 4.74 Å². The zero-order valence-corrected chi connectivity index (χ0v) is 15.5. The molecule has 0 N–H and O–H groups in total. The van der Waals surface area contributed by atoms with Gasteiger partial charge >= 0.3 is 0 Å². The normalized spacial score (nSPS) is 18.6. The number of ether oxygens (including phenoxy) is 1. The Morgan fingerprint density at radius 1 is 1.28 bits per heavy atom. The number of amidine groups is 1. The van der Waals surface area contributed by atoms with Gasteiger partial charge in [0.05, 0.1) is 12.8 Å². The topological polar surface area (TPSA) is 41.9 Å². The molecular formula is C20H22N2O2S. The zero-order valence-electron chi connectivity index (χ0n) is 14.7. The number of carbonyl (C=O) groups excluding carboxylic acids is 1. The number of hydrogen-bond donors (Lipinski definition) is 0. The first-order chi connectivity index (χ1) is 12.1. The quantitative estimate of drug-likeness (QED) is 0.802. The lowest BCUT2D eigenvalue weighted by molar-refractivity contribution is 0.0819. The fourth-order valence-corrected chi connectivity index (χ4v) is 4.08. The number of rotatable bonds is 4. The van der Waals surface area contributed by atoms with Crippen molar-refractivity contribution in [3.05, 3.63) is 59.7 Å². The molecule has 130 valence electrons. The molecule has 0 spiro atoms. The van der Waals surface area contributed by atoms with E-state index in [0.29, 0.717) is 11.3 Å². The molecule has 3 rings (SSSR count). The molecule has 1 aliphatic heterocycles. The molecule has 1 atom stereocenters. The van der Waals surface area contributed by atoms with Crippen LogP contribution in [0.25, 0.3) is 0 Å². The van der Waals surface area contributed by atoms with Crippen molar-refractivity contribution in [2.24, 2.45) is 4.99 Å². The SMILES string of the molecule is CC[C@@H]1CSC(=Nc2cccc(C)c2)N1C(=O)c1cccc(OC)c1. The first-order valence-corrected chi connectivity index (χ1v) is 9.36. The Morgan fingerprint density at radius 3 is 2.80 bits per heavy atom. The largest absolute Gasteiger partial charge is 0.497 e. The fraction of sp³-hybridized carbons (Fsp3) is 0.300. The maximum Gasteiger partial charge on any atom is 0.260 e. The number of carbonyl (C=O) groups is 1. The van der Waals surface area contributed by atoms with E-state index in [1.807, 2.05) is 54.3 Å². The van der Waals surface area contributed by atoms with Crippen molar-refractivity contribution in [1.29, 1.82) is 0 Å². The molecule has 0 unspecified atom stereocenters. The van der Waals surface area contributed by atoms with E-state index in [0.717, 1.165) is 28.6 Å². The second-order valence-corrected chi connectivity index (χ2v) is 7.00. The third-order valence-electron chi connectivity index (χ3n) is 4.21. The van der Waals surface area contributed by atoms with Gasteiger partial charge in [-0.2, -0.15) is 0 Å². The molecule has 1 saturated heterocycles. The molecule has 4 nitrogen and oxygen atoms in total. The third-order valence-corrected chi connectivity index (χ3v) is 5.31. The van der Waals surface area contributed by atoms with Gasteiger partial charge < -0.3 is 4.74 Å². The van der Waals surface area contributed by atoms with Crippen LogP contribution in [0, 0.1) is 6.92 Å².